The lowest BCUT2D eigenvalue weighted by atomic mass is 10.0. The third kappa shape index (κ3) is 3.13. The third-order valence-electron chi connectivity index (χ3n) is 2.13. The van der Waals surface area contributed by atoms with Gasteiger partial charge in [0, 0.05) is 0 Å². The Bertz CT molecular complexity index is 364. The molecule has 0 aromatic heterocycles. The first-order valence-electron chi connectivity index (χ1n) is 4.69. The first-order valence-corrected chi connectivity index (χ1v) is 5.06. The first-order chi connectivity index (χ1) is 7.04. The van der Waals surface area contributed by atoms with Gasteiger partial charge in [0.15, 0.2) is 0 Å². The Morgan fingerprint density at radius 2 is 2.13 bits per heavy atom. The van der Waals surface area contributed by atoms with Gasteiger partial charge in [-0.25, -0.2) is 0 Å². The summed E-state index contributed by atoms with van der Waals surface area (Å²) in [5, 5.41) is 1.87. The number of halogens is 1. The molecule has 0 saturated heterocycles. The average molecular weight is 228 g/mol. The van der Waals surface area contributed by atoms with Crippen molar-refractivity contribution < 1.29 is 9.53 Å². The zero-order chi connectivity index (χ0) is 11.4. The minimum atomic E-state index is -0.620. The average Bonchev–Trinajstić information content (AvgIpc) is 2.17. The van der Waals surface area contributed by atoms with Gasteiger partial charge in [0.2, 0.25) is 0 Å². The number of anilines is 1. The van der Waals surface area contributed by atoms with Crippen LogP contribution in [0.1, 0.15) is 25.3 Å². The summed E-state index contributed by atoms with van der Waals surface area (Å²) >= 11 is 5.24. The lowest BCUT2D eigenvalue weighted by molar-refractivity contribution is 0.269. The summed E-state index contributed by atoms with van der Waals surface area (Å²) in [6.45, 7) is 4.18. The fraction of sp³-hybridized carbons (Fsp3) is 0.364. The van der Waals surface area contributed by atoms with Gasteiger partial charge in [-0.15, -0.1) is 0 Å². The standard InChI is InChI=1S/C11H14ClNO2/c1-7(2)8-4-5-9(13-11(12)14)10(6-8)15-3/h4-7H,1-3H3,(H,13,14). The number of nitrogens with one attached hydrogen (secondary N) is 1. The maximum Gasteiger partial charge on any atom is 0.318 e. The summed E-state index contributed by atoms with van der Waals surface area (Å²) in [6.07, 6.45) is 0. The van der Waals surface area contributed by atoms with Gasteiger partial charge in [-0.1, -0.05) is 19.9 Å². The molecule has 1 N–H and O–H groups in total. The zero-order valence-electron chi connectivity index (χ0n) is 9.00. The number of rotatable bonds is 3. The van der Waals surface area contributed by atoms with Gasteiger partial charge in [-0.3, -0.25) is 4.79 Å². The van der Waals surface area contributed by atoms with Crippen LogP contribution in [0.3, 0.4) is 0 Å². The van der Waals surface area contributed by atoms with Gasteiger partial charge in [0.1, 0.15) is 5.75 Å². The van der Waals surface area contributed by atoms with E-state index in [0.717, 1.165) is 5.56 Å². The number of carbonyl (C=O) groups excluding carboxylic acids is 1. The van der Waals surface area contributed by atoms with Crippen molar-refractivity contribution in [2.75, 3.05) is 12.4 Å². The number of amides is 1. The van der Waals surface area contributed by atoms with Crippen LogP contribution in [-0.2, 0) is 0 Å². The van der Waals surface area contributed by atoms with Crippen LogP contribution in [0.15, 0.2) is 18.2 Å². The van der Waals surface area contributed by atoms with Crippen molar-refractivity contribution in [1.82, 2.24) is 0 Å². The lowest BCUT2D eigenvalue weighted by Crippen LogP contribution is -2.03. The maximum absolute atomic E-state index is 10.7. The molecule has 0 heterocycles. The van der Waals surface area contributed by atoms with Crippen molar-refractivity contribution in [2.24, 2.45) is 0 Å². The van der Waals surface area contributed by atoms with Crippen molar-refractivity contribution in [3.05, 3.63) is 23.8 Å². The monoisotopic (exact) mass is 227 g/mol. The summed E-state index contributed by atoms with van der Waals surface area (Å²) in [4.78, 5) is 10.7. The van der Waals surface area contributed by atoms with E-state index in [1.807, 2.05) is 12.1 Å². The molecule has 82 valence electrons. The van der Waals surface area contributed by atoms with E-state index >= 15 is 0 Å². The second-order valence-electron chi connectivity index (χ2n) is 3.51. The Morgan fingerprint density at radius 3 is 2.60 bits per heavy atom. The highest BCUT2D eigenvalue weighted by molar-refractivity contribution is 6.65. The topological polar surface area (TPSA) is 38.3 Å². The minimum absolute atomic E-state index is 0.416. The molecule has 3 nitrogen and oxygen atoms in total. The summed E-state index contributed by atoms with van der Waals surface area (Å²) in [5.41, 5.74) is 1.74. The van der Waals surface area contributed by atoms with E-state index in [9.17, 15) is 4.79 Å². The molecular formula is C11H14ClNO2. The Morgan fingerprint density at radius 1 is 1.47 bits per heavy atom. The molecule has 1 aromatic rings. The fourth-order valence-electron chi connectivity index (χ4n) is 1.28. The predicted molar refractivity (Wildman–Crippen MR) is 62.0 cm³/mol. The zero-order valence-corrected chi connectivity index (χ0v) is 9.76. The summed E-state index contributed by atoms with van der Waals surface area (Å²) in [7, 11) is 1.56. The van der Waals surface area contributed by atoms with Crippen molar-refractivity contribution in [3.8, 4) is 5.75 Å². The highest BCUT2D eigenvalue weighted by Gasteiger charge is 2.08. The molecule has 15 heavy (non-hydrogen) atoms. The molecule has 1 rings (SSSR count). The number of methoxy groups -OCH3 is 1. The molecule has 1 amide bonds. The normalized spacial score (nSPS) is 10.2. The molecule has 0 aliphatic rings. The fourth-order valence-corrected chi connectivity index (χ4v) is 1.38. The molecule has 0 bridgehead atoms. The van der Waals surface area contributed by atoms with Crippen LogP contribution < -0.4 is 10.1 Å². The molecular weight excluding hydrogens is 214 g/mol. The van der Waals surface area contributed by atoms with Crippen molar-refractivity contribution >= 4 is 22.7 Å². The quantitative estimate of drug-likeness (QED) is 0.633. The van der Waals surface area contributed by atoms with Crippen LogP contribution in [0.25, 0.3) is 0 Å². The van der Waals surface area contributed by atoms with E-state index in [-0.39, 0.29) is 0 Å². The molecule has 0 aliphatic heterocycles. The van der Waals surface area contributed by atoms with E-state index in [0.29, 0.717) is 17.4 Å². The second kappa shape index (κ2) is 5.03. The number of hydrogen-bond acceptors (Lipinski definition) is 2. The summed E-state index contributed by atoms with van der Waals surface area (Å²) in [5.74, 6) is 1.04. The van der Waals surface area contributed by atoms with Crippen molar-refractivity contribution in [1.29, 1.82) is 0 Å². The molecule has 0 spiro atoms. The Balaban J connectivity index is 3.03. The molecule has 4 heteroatoms. The van der Waals surface area contributed by atoms with Gasteiger partial charge >= 0.3 is 5.37 Å². The Hall–Kier alpha value is -1.22. The van der Waals surface area contributed by atoms with Gasteiger partial charge in [-0.05, 0) is 35.2 Å². The van der Waals surface area contributed by atoms with Gasteiger partial charge in [0.25, 0.3) is 0 Å². The van der Waals surface area contributed by atoms with E-state index in [2.05, 4.69) is 19.2 Å². The Kier molecular flexibility index (Phi) is 3.97. The summed E-state index contributed by atoms with van der Waals surface area (Å²) < 4.78 is 5.16. The van der Waals surface area contributed by atoms with Gasteiger partial charge < -0.3 is 10.1 Å². The van der Waals surface area contributed by atoms with Crippen LogP contribution in [0, 0.1) is 0 Å². The number of ether oxygens (including phenoxy) is 1. The highest BCUT2D eigenvalue weighted by atomic mass is 35.5. The van der Waals surface area contributed by atoms with Crippen LogP contribution in [0.2, 0.25) is 0 Å². The van der Waals surface area contributed by atoms with Crippen molar-refractivity contribution in [2.45, 2.75) is 19.8 Å². The predicted octanol–water partition coefficient (Wildman–Crippen LogP) is 3.59. The molecule has 0 aliphatic carbocycles. The van der Waals surface area contributed by atoms with E-state index < -0.39 is 5.37 Å². The SMILES string of the molecule is COc1cc(C(C)C)ccc1NC(=O)Cl. The van der Waals surface area contributed by atoms with Crippen LogP contribution in [-0.4, -0.2) is 12.5 Å². The van der Waals surface area contributed by atoms with Crippen LogP contribution in [0.5, 0.6) is 5.75 Å². The van der Waals surface area contributed by atoms with Crippen molar-refractivity contribution in [3.63, 3.8) is 0 Å². The second-order valence-corrected chi connectivity index (χ2v) is 3.86. The lowest BCUT2D eigenvalue weighted by Gasteiger charge is -2.12. The molecule has 0 radical (unpaired) electrons. The van der Waals surface area contributed by atoms with Crippen LogP contribution in [0.4, 0.5) is 10.5 Å². The smallest absolute Gasteiger partial charge is 0.318 e. The first kappa shape index (κ1) is 11.9. The number of benzene rings is 1. The van der Waals surface area contributed by atoms with E-state index in [4.69, 9.17) is 16.3 Å². The van der Waals surface area contributed by atoms with E-state index in [1.54, 1.807) is 13.2 Å². The molecule has 0 fully saturated rings. The number of carbonyl (C=O) groups is 1. The van der Waals surface area contributed by atoms with Crippen LogP contribution >= 0.6 is 11.6 Å². The molecule has 0 unspecified atom stereocenters. The Labute approximate surface area is 94.4 Å². The minimum Gasteiger partial charge on any atom is -0.495 e. The highest BCUT2D eigenvalue weighted by Crippen LogP contribution is 2.28. The van der Waals surface area contributed by atoms with Gasteiger partial charge in [-0.2, -0.15) is 0 Å². The third-order valence-corrected chi connectivity index (χ3v) is 2.22. The largest absolute Gasteiger partial charge is 0.495 e. The van der Waals surface area contributed by atoms with E-state index in [1.165, 1.54) is 0 Å². The molecule has 1 aromatic carbocycles. The maximum atomic E-state index is 10.7. The molecule has 0 atom stereocenters. The molecule has 0 saturated carbocycles. The summed E-state index contributed by atoms with van der Waals surface area (Å²) in [6, 6.07) is 5.62. The van der Waals surface area contributed by atoms with Gasteiger partial charge in [0.05, 0.1) is 12.8 Å². The number of hydrogen-bond donors (Lipinski definition) is 1.